The number of aliphatic carboxylic acids is 1. The van der Waals surface area contributed by atoms with E-state index < -0.39 is 5.97 Å². The summed E-state index contributed by atoms with van der Waals surface area (Å²) in [6.07, 6.45) is 5.51. The SMILES string of the molecule is O=C(O)CCc1ccc(C2CCC(=O)CC2)nc1. The van der Waals surface area contributed by atoms with E-state index in [1.54, 1.807) is 6.20 Å². The van der Waals surface area contributed by atoms with Crippen LogP contribution in [0, 0.1) is 0 Å². The summed E-state index contributed by atoms with van der Waals surface area (Å²) in [6, 6.07) is 3.92. The fourth-order valence-electron chi connectivity index (χ4n) is 2.31. The van der Waals surface area contributed by atoms with E-state index in [4.69, 9.17) is 5.11 Å². The summed E-state index contributed by atoms with van der Waals surface area (Å²) in [6.45, 7) is 0. The number of nitrogens with zero attached hydrogens (tertiary/aromatic N) is 1. The largest absolute Gasteiger partial charge is 0.481 e. The Labute approximate surface area is 106 Å². The molecule has 1 saturated carbocycles. The second-order valence-corrected chi connectivity index (χ2v) is 4.80. The third-order valence-electron chi connectivity index (χ3n) is 3.44. The molecule has 1 aliphatic rings. The van der Waals surface area contributed by atoms with Crippen LogP contribution >= 0.6 is 0 Å². The first-order chi connectivity index (χ1) is 8.65. The molecule has 1 aromatic heterocycles. The van der Waals surface area contributed by atoms with Crippen molar-refractivity contribution < 1.29 is 14.7 Å². The number of carboxylic acids is 1. The fourth-order valence-corrected chi connectivity index (χ4v) is 2.31. The van der Waals surface area contributed by atoms with Crippen molar-refractivity contribution in [1.29, 1.82) is 0 Å². The molecule has 0 unspecified atom stereocenters. The lowest BCUT2D eigenvalue weighted by Gasteiger charge is -2.20. The van der Waals surface area contributed by atoms with E-state index in [9.17, 15) is 9.59 Å². The average molecular weight is 247 g/mol. The zero-order valence-corrected chi connectivity index (χ0v) is 10.3. The molecule has 1 aliphatic carbocycles. The number of hydrogen-bond acceptors (Lipinski definition) is 3. The lowest BCUT2D eigenvalue weighted by atomic mass is 9.86. The highest BCUT2D eigenvalue weighted by Crippen LogP contribution is 2.29. The first-order valence-electron chi connectivity index (χ1n) is 6.33. The molecular formula is C14H17NO3. The molecule has 96 valence electrons. The van der Waals surface area contributed by atoms with Crippen LogP contribution in [0.5, 0.6) is 0 Å². The summed E-state index contributed by atoms with van der Waals surface area (Å²) in [4.78, 5) is 26.0. The standard InChI is InChI=1S/C14H17NO3/c16-12-5-3-11(4-6-12)13-7-1-10(9-15-13)2-8-14(17)18/h1,7,9,11H,2-6,8H2,(H,17,18). The monoisotopic (exact) mass is 247 g/mol. The van der Waals surface area contributed by atoms with Gasteiger partial charge in [-0.2, -0.15) is 0 Å². The van der Waals surface area contributed by atoms with Gasteiger partial charge < -0.3 is 5.11 Å². The van der Waals surface area contributed by atoms with Gasteiger partial charge in [-0.05, 0) is 30.9 Å². The lowest BCUT2D eigenvalue weighted by molar-refractivity contribution is -0.137. The van der Waals surface area contributed by atoms with Crippen molar-refractivity contribution >= 4 is 11.8 Å². The first-order valence-corrected chi connectivity index (χ1v) is 6.33. The number of ketones is 1. The predicted octanol–water partition coefficient (Wildman–Crippen LogP) is 2.33. The molecule has 0 aromatic carbocycles. The summed E-state index contributed by atoms with van der Waals surface area (Å²) in [7, 11) is 0. The van der Waals surface area contributed by atoms with Crippen LogP contribution in [0.1, 0.15) is 49.3 Å². The van der Waals surface area contributed by atoms with Gasteiger partial charge in [-0.25, -0.2) is 0 Å². The van der Waals surface area contributed by atoms with Crippen molar-refractivity contribution in [2.75, 3.05) is 0 Å². The topological polar surface area (TPSA) is 67.3 Å². The van der Waals surface area contributed by atoms with Gasteiger partial charge in [-0.1, -0.05) is 6.07 Å². The molecule has 1 fully saturated rings. The Morgan fingerprint density at radius 1 is 1.33 bits per heavy atom. The number of carbonyl (C=O) groups excluding carboxylic acids is 1. The van der Waals surface area contributed by atoms with Gasteiger partial charge in [0.05, 0.1) is 0 Å². The van der Waals surface area contributed by atoms with Crippen molar-refractivity contribution in [3.8, 4) is 0 Å². The van der Waals surface area contributed by atoms with E-state index in [2.05, 4.69) is 4.98 Å². The Morgan fingerprint density at radius 2 is 2.06 bits per heavy atom. The molecule has 0 radical (unpaired) electrons. The highest BCUT2D eigenvalue weighted by molar-refractivity contribution is 5.79. The molecule has 4 heteroatoms. The number of hydrogen-bond donors (Lipinski definition) is 1. The van der Waals surface area contributed by atoms with Gasteiger partial charge in [-0.15, -0.1) is 0 Å². The Morgan fingerprint density at radius 3 is 2.61 bits per heavy atom. The van der Waals surface area contributed by atoms with Crippen LogP contribution in [0.15, 0.2) is 18.3 Å². The number of aryl methyl sites for hydroxylation is 1. The van der Waals surface area contributed by atoms with Crippen LogP contribution in [0.3, 0.4) is 0 Å². The summed E-state index contributed by atoms with van der Waals surface area (Å²) < 4.78 is 0. The minimum absolute atomic E-state index is 0.138. The van der Waals surface area contributed by atoms with Crippen molar-refractivity contribution in [3.05, 3.63) is 29.6 Å². The highest BCUT2D eigenvalue weighted by atomic mass is 16.4. The maximum absolute atomic E-state index is 11.2. The highest BCUT2D eigenvalue weighted by Gasteiger charge is 2.20. The molecular weight excluding hydrogens is 230 g/mol. The van der Waals surface area contributed by atoms with Crippen LogP contribution in [0.2, 0.25) is 0 Å². The molecule has 4 nitrogen and oxygen atoms in total. The maximum Gasteiger partial charge on any atom is 0.303 e. The smallest absolute Gasteiger partial charge is 0.303 e. The van der Waals surface area contributed by atoms with Crippen LogP contribution in [-0.2, 0) is 16.0 Å². The van der Waals surface area contributed by atoms with E-state index in [1.165, 1.54) is 0 Å². The first kappa shape index (κ1) is 12.7. The Kier molecular flexibility index (Phi) is 4.07. The molecule has 1 aromatic rings. The van der Waals surface area contributed by atoms with Crippen LogP contribution in [0.25, 0.3) is 0 Å². The van der Waals surface area contributed by atoms with Gasteiger partial charge in [0.2, 0.25) is 0 Å². The van der Waals surface area contributed by atoms with Crippen molar-refractivity contribution in [2.45, 2.75) is 44.4 Å². The van der Waals surface area contributed by atoms with Crippen molar-refractivity contribution in [1.82, 2.24) is 4.98 Å². The number of carboxylic acid groups (broad SMARTS) is 1. The maximum atomic E-state index is 11.2. The summed E-state index contributed by atoms with van der Waals surface area (Å²) in [5.74, 6) is -0.0505. The zero-order valence-electron chi connectivity index (χ0n) is 10.3. The average Bonchev–Trinajstić information content (AvgIpc) is 2.38. The summed E-state index contributed by atoms with van der Waals surface area (Å²) in [5.41, 5.74) is 1.98. The quantitative estimate of drug-likeness (QED) is 0.886. The van der Waals surface area contributed by atoms with Gasteiger partial charge in [-0.3, -0.25) is 14.6 Å². The van der Waals surface area contributed by atoms with Crippen LogP contribution in [0.4, 0.5) is 0 Å². The number of rotatable bonds is 4. The molecule has 2 rings (SSSR count). The summed E-state index contributed by atoms with van der Waals surface area (Å²) in [5, 5.41) is 8.61. The molecule has 0 spiro atoms. The Hall–Kier alpha value is -1.71. The van der Waals surface area contributed by atoms with Gasteiger partial charge in [0, 0.05) is 37.1 Å². The van der Waals surface area contributed by atoms with Gasteiger partial charge in [0.25, 0.3) is 0 Å². The zero-order chi connectivity index (χ0) is 13.0. The second kappa shape index (κ2) is 5.76. The number of aromatic nitrogens is 1. The van der Waals surface area contributed by atoms with Crippen molar-refractivity contribution in [3.63, 3.8) is 0 Å². The van der Waals surface area contributed by atoms with Gasteiger partial charge in [0.1, 0.15) is 5.78 Å². The van der Waals surface area contributed by atoms with E-state index in [-0.39, 0.29) is 6.42 Å². The van der Waals surface area contributed by atoms with Gasteiger partial charge in [0.15, 0.2) is 0 Å². The molecule has 0 saturated heterocycles. The van der Waals surface area contributed by atoms with E-state index >= 15 is 0 Å². The fraction of sp³-hybridized carbons (Fsp3) is 0.500. The molecule has 0 aliphatic heterocycles. The van der Waals surface area contributed by atoms with E-state index in [0.29, 0.717) is 31.0 Å². The van der Waals surface area contributed by atoms with E-state index in [1.807, 2.05) is 12.1 Å². The van der Waals surface area contributed by atoms with E-state index in [0.717, 1.165) is 24.1 Å². The molecule has 18 heavy (non-hydrogen) atoms. The van der Waals surface area contributed by atoms with Crippen LogP contribution < -0.4 is 0 Å². The molecule has 0 amide bonds. The normalized spacial score (nSPS) is 16.8. The molecule has 1 heterocycles. The van der Waals surface area contributed by atoms with Crippen LogP contribution in [-0.4, -0.2) is 21.8 Å². The van der Waals surface area contributed by atoms with Crippen molar-refractivity contribution in [2.24, 2.45) is 0 Å². The Bertz CT molecular complexity index is 429. The molecule has 0 bridgehead atoms. The summed E-state index contributed by atoms with van der Waals surface area (Å²) >= 11 is 0. The third-order valence-corrected chi connectivity index (χ3v) is 3.44. The molecule has 0 atom stereocenters. The molecule has 1 N–H and O–H groups in total. The second-order valence-electron chi connectivity index (χ2n) is 4.80. The Balaban J connectivity index is 1.94. The predicted molar refractivity (Wildman–Crippen MR) is 66.4 cm³/mol. The minimum Gasteiger partial charge on any atom is -0.481 e. The lowest BCUT2D eigenvalue weighted by Crippen LogP contribution is -2.13. The number of pyridine rings is 1. The number of Topliss-reactive ketones (excluding diaryl/α,β-unsaturated/α-hetero) is 1. The third kappa shape index (κ3) is 3.39. The minimum atomic E-state index is -0.787. The number of carbonyl (C=O) groups is 2. The van der Waals surface area contributed by atoms with Gasteiger partial charge >= 0.3 is 5.97 Å².